The van der Waals surface area contributed by atoms with Crippen LogP contribution in [0.1, 0.15) is 155 Å². The highest BCUT2D eigenvalue weighted by molar-refractivity contribution is 5.95. The van der Waals surface area contributed by atoms with Gasteiger partial charge in [-0.1, -0.05) is 142 Å². The lowest BCUT2D eigenvalue weighted by molar-refractivity contribution is -0.160. The summed E-state index contributed by atoms with van der Waals surface area (Å²) in [6.45, 7) is 4.46. The quantitative estimate of drug-likeness (QED) is 0.0421. The molecule has 0 aromatic rings. The molecule has 8 heteroatoms. The molecule has 0 N–H and O–H groups in total. The number of esters is 4. The number of unbranched alkanes of at least 4 members (excludes halogenated alkanes) is 18. The van der Waals surface area contributed by atoms with Gasteiger partial charge in [0.15, 0.2) is 11.8 Å². The first kappa shape index (κ1) is 42.0. The number of methoxy groups -OCH3 is 4. The molecule has 0 spiro atoms. The van der Waals surface area contributed by atoms with Crippen molar-refractivity contribution in [2.75, 3.05) is 28.4 Å². The Balaban J connectivity index is 0. The molecule has 0 aliphatic rings. The van der Waals surface area contributed by atoms with Crippen LogP contribution in [0.15, 0.2) is 0 Å². The van der Waals surface area contributed by atoms with Gasteiger partial charge in [-0.2, -0.15) is 0 Å². The smallest absolute Gasteiger partial charge is 0.320 e. The highest BCUT2D eigenvalue weighted by Gasteiger charge is 2.28. The van der Waals surface area contributed by atoms with E-state index in [1.165, 1.54) is 131 Å². The Labute approximate surface area is 257 Å². The van der Waals surface area contributed by atoms with Crippen molar-refractivity contribution in [3.63, 3.8) is 0 Å². The van der Waals surface area contributed by atoms with Gasteiger partial charge in [-0.05, 0) is 12.8 Å². The van der Waals surface area contributed by atoms with Gasteiger partial charge in [0.25, 0.3) is 0 Å². The minimum atomic E-state index is -0.756. The number of ether oxygens (including phenoxy) is 4. The van der Waals surface area contributed by atoms with Gasteiger partial charge in [0.05, 0.1) is 28.4 Å². The molecule has 0 radical (unpaired) electrons. The third kappa shape index (κ3) is 24.5. The molecule has 0 bridgehead atoms. The summed E-state index contributed by atoms with van der Waals surface area (Å²) in [4.78, 5) is 45.9. The van der Waals surface area contributed by atoms with Crippen molar-refractivity contribution in [2.24, 2.45) is 11.8 Å². The topological polar surface area (TPSA) is 105 Å². The minimum Gasteiger partial charge on any atom is -0.468 e. The maximum Gasteiger partial charge on any atom is 0.320 e. The van der Waals surface area contributed by atoms with Crippen molar-refractivity contribution in [2.45, 2.75) is 155 Å². The van der Waals surface area contributed by atoms with Crippen LogP contribution in [-0.2, 0) is 38.1 Å². The van der Waals surface area contributed by atoms with Crippen LogP contribution < -0.4 is 0 Å². The highest BCUT2D eigenvalue weighted by Crippen LogP contribution is 2.17. The maximum absolute atomic E-state index is 11.5. The Kier molecular flexibility index (Phi) is 31.8. The Bertz CT molecular complexity index is 576. The molecule has 248 valence electrons. The van der Waals surface area contributed by atoms with Crippen LogP contribution in [-0.4, -0.2) is 52.3 Å². The SMILES string of the molecule is CCCCCCCCCCCCC(C(=O)OC)C(=O)OC.CCCCCCCCCCCCC(C(=O)OC)C(=O)OC. The fourth-order valence-corrected chi connectivity index (χ4v) is 4.90. The van der Waals surface area contributed by atoms with Crippen LogP contribution in [0, 0.1) is 11.8 Å². The summed E-state index contributed by atoms with van der Waals surface area (Å²) in [6, 6.07) is 0. The highest BCUT2D eigenvalue weighted by atomic mass is 16.5. The van der Waals surface area contributed by atoms with Gasteiger partial charge < -0.3 is 18.9 Å². The van der Waals surface area contributed by atoms with E-state index in [-0.39, 0.29) is 0 Å². The third-order valence-corrected chi connectivity index (χ3v) is 7.64. The summed E-state index contributed by atoms with van der Waals surface area (Å²) >= 11 is 0. The lowest BCUT2D eigenvalue weighted by atomic mass is 10.00. The number of rotatable bonds is 26. The lowest BCUT2D eigenvalue weighted by Gasteiger charge is -2.11. The van der Waals surface area contributed by atoms with Crippen molar-refractivity contribution in [1.29, 1.82) is 0 Å². The molecule has 0 aliphatic carbocycles. The van der Waals surface area contributed by atoms with Crippen molar-refractivity contribution < 1.29 is 38.1 Å². The van der Waals surface area contributed by atoms with E-state index in [2.05, 4.69) is 32.8 Å². The van der Waals surface area contributed by atoms with E-state index in [9.17, 15) is 19.2 Å². The average molecular weight is 601 g/mol. The average Bonchev–Trinajstić information content (AvgIpc) is 3.01. The number of carbonyl (C=O) groups is 4. The summed E-state index contributed by atoms with van der Waals surface area (Å²) in [6.07, 6.45) is 25.6. The molecule has 0 atom stereocenters. The van der Waals surface area contributed by atoms with E-state index in [1.807, 2.05) is 0 Å². The zero-order chi connectivity index (χ0) is 31.8. The van der Waals surface area contributed by atoms with Crippen molar-refractivity contribution in [3.05, 3.63) is 0 Å². The molecule has 0 aromatic heterocycles. The second kappa shape index (κ2) is 31.8. The van der Waals surface area contributed by atoms with Gasteiger partial charge in [0, 0.05) is 0 Å². The van der Waals surface area contributed by atoms with Crippen LogP contribution in [0.3, 0.4) is 0 Å². The van der Waals surface area contributed by atoms with Gasteiger partial charge in [-0.25, -0.2) is 0 Å². The predicted molar refractivity (Wildman–Crippen MR) is 168 cm³/mol. The largest absolute Gasteiger partial charge is 0.468 e. The molecule has 8 nitrogen and oxygen atoms in total. The van der Waals surface area contributed by atoms with Gasteiger partial charge in [-0.3, -0.25) is 19.2 Å². The number of hydrogen-bond acceptors (Lipinski definition) is 8. The molecule has 0 unspecified atom stereocenters. The minimum absolute atomic E-state index is 0.488. The summed E-state index contributed by atoms with van der Waals surface area (Å²) in [5, 5.41) is 0. The van der Waals surface area contributed by atoms with E-state index < -0.39 is 35.7 Å². The van der Waals surface area contributed by atoms with Gasteiger partial charge >= 0.3 is 23.9 Å². The van der Waals surface area contributed by atoms with Crippen molar-refractivity contribution in [1.82, 2.24) is 0 Å². The molecule has 0 saturated heterocycles. The first-order chi connectivity index (χ1) is 20.3. The molecule has 0 saturated carbocycles. The third-order valence-electron chi connectivity index (χ3n) is 7.64. The van der Waals surface area contributed by atoms with Crippen LogP contribution in [0.4, 0.5) is 0 Å². The van der Waals surface area contributed by atoms with E-state index >= 15 is 0 Å². The van der Waals surface area contributed by atoms with Crippen molar-refractivity contribution >= 4 is 23.9 Å². The van der Waals surface area contributed by atoms with Gasteiger partial charge in [0.1, 0.15) is 0 Å². The van der Waals surface area contributed by atoms with Crippen LogP contribution in [0.25, 0.3) is 0 Å². The zero-order valence-electron chi connectivity index (χ0n) is 28.0. The maximum atomic E-state index is 11.5. The summed E-state index contributed by atoms with van der Waals surface area (Å²) in [7, 11) is 5.21. The van der Waals surface area contributed by atoms with Crippen molar-refractivity contribution in [3.8, 4) is 0 Å². The molecule has 0 fully saturated rings. The summed E-state index contributed by atoms with van der Waals surface area (Å²) in [5.41, 5.74) is 0. The molecule has 0 aliphatic heterocycles. The predicted octanol–water partition coefficient (Wildman–Crippen LogP) is 8.52. The molecule has 0 rings (SSSR count). The van der Waals surface area contributed by atoms with Crippen LogP contribution >= 0.6 is 0 Å². The van der Waals surface area contributed by atoms with Crippen LogP contribution in [0.2, 0.25) is 0 Å². The molecular formula is C34H64O8. The Morgan fingerprint density at radius 2 is 0.548 bits per heavy atom. The first-order valence-corrected chi connectivity index (χ1v) is 16.7. The summed E-state index contributed by atoms with van der Waals surface area (Å²) in [5.74, 6) is -3.46. The number of carbonyl (C=O) groups excluding carboxylic acids is 4. The van der Waals surface area contributed by atoms with E-state index in [4.69, 9.17) is 0 Å². The zero-order valence-corrected chi connectivity index (χ0v) is 28.0. The number of hydrogen-bond donors (Lipinski definition) is 0. The fourth-order valence-electron chi connectivity index (χ4n) is 4.90. The van der Waals surface area contributed by atoms with Gasteiger partial charge in [0.2, 0.25) is 0 Å². The summed E-state index contributed by atoms with van der Waals surface area (Å²) < 4.78 is 18.6. The Morgan fingerprint density at radius 1 is 0.357 bits per heavy atom. The van der Waals surface area contributed by atoms with E-state index in [0.29, 0.717) is 12.8 Å². The molecular weight excluding hydrogens is 536 g/mol. The van der Waals surface area contributed by atoms with E-state index in [1.54, 1.807) is 0 Å². The monoisotopic (exact) mass is 600 g/mol. The molecule has 0 aromatic carbocycles. The molecule has 42 heavy (non-hydrogen) atoms. The second-order valence-electron chi connectivity index (χ2n) is 11.1. The first-order valence-electron chi connectivity index (χ1n) is 16.7. The second-order valence-corrected chi connectivity index (χ2v) is 11.1. The van der Waals surface area contributed by atoms with E-state index in [0.717, 1.165) is 25.7 Å². The lowest BCUT2D eigenvalue weighted by Crippen LogP contribution is -2.26. The van der Waals surface area contributed by atoms with Crippen LogP contribution in [0.5, 0.6) is 0 Å². The Morgan fingerprint density at radius 3 is 0.738 bits per heavy atom. The molecule has 0 heterocycles. The standard InChI is InChI=1S/2C17H32O4/c2*1-4-5-6-7-8-9-10-11-12-13-14-15(16(18)20-2)17(19)21-3/h2*15H,4-14H2,1-3H3. The normalized spacial score (nSPS) is 10.7. The fraction of sp³-hybridized carbons (Fsp3) is 0.882. The Hall–Kier alpha value is -2.12. The molecule has 0 amide bonds. The van der Waals surface area contributed by atoms with Gasteiger partial charge in [-0.15, -0.1) is 0 Å².